The minimum absolute atomic E-state index is 0.224. The molecule has 0 aliphatic rings. The molecular weight excluding hydrogens is 310 g/mol. The molecule has 124 valence electrons. The van der Waals surface area contributed by atoms with Gasteiger partial charge in [-0.25, -0.2) is 13.1 Å². The maximum Gasteiger partial charge on any atom is 0.240 e. The Hall–Kier alpha value is -1.85. The molecule has 2 rings (SSSR count). The van der Waals surface area contributed by atoms with Crippen molar-refractivity contribution in [2.24, 2.45) is 0 Å². The number of aryl methyl sites for hydroxylation is 1. The summed E-state index contributed by atoms with van der Waals surface area (Å²) in [4.78, 5) is 0.268. The summed E-state index contributed by atoms with van der Waals surface area (Å²) in [5.74, 6) is 1.22. The van der Waals surface area contributed by atoms with Crippen molar-refractivity contribution in [2.45, 2.75) is 31.6 Å². The zero-order chi connectivity index (χ0) is 16.9. The average Bonchev–Trinajstić information content (AvgIpc) is 2.52. The van der Waals surface area contributed by atoms with E-state index in [4.69, 9.17) is 4.74 Å². The fraction of sp³-hybridized carbons (Fsp3) is 0.333. The van der Waals surface area contributed by atoms with Crippen LogP contribution in [0.4, 0.5) is 0 Å². The van der Waals surface area contributed by atoms with Gasteiger partial charge in [-0.1, -0.05) is 43.7 Å². The molecule has 0 radical (unpaired) electrons. The SMILES string of the molecule is Cc1ccc(S(=O)(=O)NCCOc2ccc(C(C)C)cc2)cc1. The van der Waals surface area contributed by atoms with Gasteiger partial charge in [0, 0.05) is 6.54 Å². The maximum atomic E-state index is 12.1. The molecule has 4 nitrogen and oxygen atoms in total. The molecule has 0 aliphatic heterocycles. The van der Waals surface area contributed by atoms with Crippen LogP contribution in [0.1, 0.15) is 30.9 Å². The second kappa shape index (κ2) is 7.62. The van der Waals surface area contributed by atoms with Gasteiger partial charge in [-0.3, -0.25) is 0 Å². The Kier molecular flexibility index (Phi) is 5.80. The summed E-state index contributed by atoms with van der Waals surface area (Å²) >= 11 is 0. The third-order valence-electron chi connectivity index (χ3n) is 3.54. The van der Waals surface area contributed by atoms with Gasteiger partial charge >= 0.3 is 0 Å². The molecule has 2 aromatic rings. The molecule has 2 aromatic carbocycles. The Morgan fingerprint density at radius 3 is 2.17 bits per heavy atom. The van der Waals surface area contributed by atoms with Gasteiger partial charge in [0.05, 0.1) is 4.90 Å². The molecule has 0 heterocycles. The second-order valence-corrected chi connectivity index (χ2v) is 7.55. The zero-order valence-electron chi connectivity index (χ0n) is 13.7. The monoisotopic (exact) mass is 333 g/mol. The Labute approximate surface area is 138 Å². The van der Waals surface area contributed by atoms with E-state index in [0.29, 0.717) is 5.92 Å². The minimum atomic E-state index is -3.48. The van der Waals surface area contributed by atoms with Gasteiger partial charge < -0.3 is 4.74 Å². The van der Waals surface area contributed by atoms with Crippen LogP contribution in [-0.2, 0) is 10.0 Å². The molecule has 1 N–H and O–H groups in total. The van der Waals surface area contributed by atoms with Crippen molar-refractivity contribution in [3.63, 3.8) is 0 Å². The van der Waals surface area contributed by atoms with Crippen molar-refractivity contribution in [1.29, 1.82) is 0 Å². The van der Waals surface area contributed by atoms with Gasteiger partial charge in [0.15, 0.2) is 0 Å². The topological polar surface area (TPSA) is 55.4 Å². The molecular formula is C18H23NO3S. The molecule has 0 unspecified atom stereocenters. The molecule has 0 aliphatic carbocycles. The predicted molar refractivity (Wildman–Crippen MR) is 92.4 cm³/mol. The van der Waals surface area contributed by atoms with Crippen molar-refractivity contribution in [1.82, 2.24) is 4.72 Å². The van der Waals surface area contributed by atoms with E-state index < -0.39 is 10.0 Å². The van der Waals surface area contributed by atoms with Crippen LogP contribution in [0, 0.1) is 6.92 Å². The molecule has 0 bridgehead atoms. The third-order valence-corrected chi connectivity index (χ3v) is 5.02. The van der Waals surface area contributed by atoms with E-state index in [2.05, 4.69) is 18.6 Å². The quantitative estimate of drug-likeness (QED) is 0.789. The minimum Gasteiger partial charge on any atom is -0.492 e. The Bertz CT molecular complexity index is 720. The van der Waals surface area contributed by atoms with E-state index in [1.165, 1.54) is 5.56 Å². The van der Waals surface area contributed by atoms with E-state index in [0.717, 1.165) is 11.3 Å². The summed E-state index contributed by atoms with van der Waals surface area (Å²) in [6.45, 7) is 6.70. The van der Waals surface area contributed by atoms with Crippen molar-refractivity contribution in [3.05, 3.63) is 59.7 Å². The summed E-state index contributed by atoms with van der Waals surface area (Å²) in [6.07, 6.45) is 0. The molecule has 0 saturated carbocycles. The zero-order valence-corrected chi connectivity index (χ0v) is 14.6. The van der Waals surface area contributed by atoms with Crippen molar-refractivity contribution >= 4 is 10.0 Å². The lowest BCUT2D eigenvalue weighted by Gasteiger charge is -2.10. The van der Waals surface area contributed by atoms with Crippen LogP contribution in [-0.4, -0.2) is 21.6 Å². The van der Waals surface area contributed by atoms with Crippen molar-refractivity contribution < 1.29 is 13.2 Å². The van der Waals surface area contributed by atoms with Crippen LogP contribution >= 0.6 is 0 Å². The number of hydrogen-bond donors (Lipinski definition) is 1. The van der Waals surface area contributed by atoms with E-state index in [1.807, 2.05) is 31.2 Å². The molecule has 0 aromatic heterocycles. The first-order valence-corrected chi connectivity index (χ1v) is 9.16. The van der Waals surface area contributed by atoms with Crippen LogP contribution in [0.5, 0.6) is 5.75 Å². The highest BCUT2D eigenvalue weighted by Gasteiger charge is 2.12. The summed E-state index contributed by atoms with van der Waals surface area (Å²) in [6, 6.07) is 14.6. The van der Waals surface area contributed by atoms with Crippen LogP contribution in [0.3, 0.4) is 0 Å². The molecule has 0 atom stereocenters. The molecule has 0 amide bonds. The van der Waals surface area contributed by atoms with E-state index in [-0.39, 0.29) is 18.0 Å². The van der Waals surface area contributed by atoms with Crippen LogP contribution in [0.15, 0.2) is 53.4 Å². The first kappa shape index (κ1) is 17.5. The highest BCUT2D eigenvalue weighted by Crippen LogP contribution is 2.18. The molecule has 0 saturated heterocycles. The van der Waals surface area contributed by atoms with Crippen LogP contribution < -0.4 is 9.46 Å². The fourth-order valence-electron chi connectivity index (χ4n) is 2.09. The average molecular weight is 333 g/mol. The van der Waals surface area contributed by atoms with Gasteiger partial charge in [-0.2, -0.15) is 0 Å². The number of hydrogen-bond acceptors (Lipinski definition) is 3. The lowest BCUT2D eigenvalue weighted by molar-refractivity contribution is 0.322. The first-order chi connectivity index (χ1) is 10.9. The number of sulfonamides is 1. The maximum absolute atomic E-state index is 12.1. The number of ether oxygens (including phenoxy) is 1. The van der Waals surface area contributed by atoms with E-state index in [1.54, 1.807) is 24.3 Å². The fourth-order valence-corrected chi connectivity index (χ4v) is 3.11. The van der Waals surface area contributed by atoms with Gasteiger partial charge in [0.25, 0.3) is 0 Å². The predicted octanol–water partition coefficient (Wildman–Crippen LogP) is 3.48. The molecule has 0 spiro atoms. The Morgan fingerprint density at radius 1 is 1.00 bits per heavy atom. The van der Waals surface area contributed by atoms with Crippen LogP contribution in [0.2, 0.25) is 0 Å². The standard InChI is InChI=1S/C18H23NO3S/c1-14(2)16-6-8-17(9-7-16)22-13-12-19-23(20,21)18-10-4-15(3)5-11-18/h4-11,14,19H,12-13H2,1-3H3. The number of benzene rings is 2. The summed E-state index contributed by atoms with van der Waals surface area (Å²) in [7, 11) is -3.48. The molecule has 5 heteroatoms. The Morgan fingerprint density at radius 2 is 1.61 bits per heavy atom. The van der Waals surface area contributed by atoms with Crippen LogP contribution in [0.25, 0.3) is 0 Å². The molecule has 0 fully saturated rings. The lowest BCUT2D eigenvalue weighted by Crippen LogP contribution is -2.28. The van der Waals surface area contributed by atoms with Crippen molar-refractivity contribution in [2.75, 3.05) is 13.2 Å². The highest BCUT2D eigenvalue weighted by atomic mass is 32.2. The number of nitrogens with one attached hydrogen (secondary N) is 1. The summed E-state index contributed by atoms with van der Waals surface area (Å²) in [5, 5.41) is 0. The first-order valence-electron chi connectivity index (χ1n) is 7.67. The van der Waals surface area contributed by atoms with Gasteiger partial charge in [0.2, 0.25) is 10.0 Å². The summed E-state index contributed by atoms with van der Waals surface area (Å²) in [5.41, 5.74) is 2.27. The normalized spacial score (nSPS) is 11.7. The van der Waals surface area contributed by atoms with Gasteiger partial charge in [0.1, 0.15) is 12.4 Å². The molecule has 23 heavy (non-hydrogen) atoms. The smallest absolute Gasteiger partial charge is 0.240 e. The highest BCUT2D eigenvalue weighted by molar-refractivity contribution is 7.89. The third kappa shape index (κ3) is 5.08. The van der Waals surface area contributed by atoms with E-state index >= 15 is 0 Å². The van der Waals surface area contributed by atoms with Gasteiger partial charge in [-0.05, 0) is 42.7 Å². The Balaban J connectivity index is 1.83. The number of rotatable bonds is 7. The summed E-state index contributed by atoms with van der Waals surface area (Å²) < 4.78 is 32.3. The van der Waals surface area contributed by atoms with Crippen molar-refractivity contribution in [3.8, 4) is 5.75 Å². The van der Waals surface area contributed by atoms with E-state index in [9.17, 15) is 8.42 Å². The lowest BCUT2D eigenvalue weighted by atomic mass is 10.0. The second-order valence-electron chi connectivity index (χ2n) is 5.78. The van der Waals surface area contributed by atoms with Gasteiger partial charge in [-0.15, -0.1) is 0 Å². The largest absolute Gasteiger partial charge is 0.492 e.